The lowest BCUT2D eigenvalue weighted by Gasteiger charge is -2.12. The Labute approximate surface area is 95.8 Å². The van der Waals surface area contributed by atoms with E-state index in [9.17, 15) is 4.39 Å². The first-order valence-corrected chi connectivity index (χ1v) is 5.22. The SMILES string of the molecule is C#CCCOc1ccc(C(C)NC)cc1F. The average Bonchev–Trinajstić information content (AvgIpc) is 2.30. The van der Waals surface area contributed by atoms with Crippen LogP contribution in [0.25, 0.3) is 0 Å². The highest BCUT2D eigenvalue weighted by atomic mass is 19.1. The molecule has 1 rings (SSSR count). The van der Waals surface area contributed by atoms with E-state index in [2.05, 4.69) is 11.2 Å². The summed E-state index contributed by atoms with van der Waals surface area (Å²) in [5, 5.41) is 3.05. The van der Waals surface area contributed by atoms with Crippen LogP contribution in [0.2, 0.25) is 0 Å². The van der Waals surface area contributed by atoms with Gasteiger partial charge in [0.25, 0.3) is 0 Å². The van der Waals surface area contributed by atoms with Gasteiger partial charge in [-0.1, -0.05) is 6.07 Å². The first-order chi connectivity index (χ1) is 7.69. The van der Waals surface area contributed by atoms with Crippen LogP contribution in [0.5, 0.6) is 5.75 Å². The number of hydrogen-bond acceptors (Lipinski definition) is 2. The molecular formula is C13H16FNO. The third-order valence-corrected chi connectivity index (χ3v) is 2.39. The Kier molecular flexibility index (Phi) is 4.81. The fourth-order valence-electron chi connectivity index (χ4n) is 1.29. The molecule has 1 aromatic carbocycles. The maximum absolute atomic E-state index is 13.6. The number of hydrogen-bond donors (Lipinski definition) is 1. The van der Waals surface area contributed by atoms with E-state index in [1.807, 2.05) is 20.0 Å². The van der Waals surface area contributed by atoms with Crippen molar-refractivity contribution in [2.24, 2.45) is 0 Å². The number of nitrogens with one attached hydrogen (secondary N) is 1. The van der Waals surface area contributed by atoms with Gasteiger partial charge in [-0.15, -0.1) is 12.3 Å². The van der Waals surface area contributed by atoms with Crippen LogP contribution in [-0.4, -0.2) is 13.7 Å². The lowest BCUT2D eigenvalue weighted by Crippen LogP contribution is -2.12. The van der Waals surface area contributed by atoms with Gasteiger partial charge in [0.1, 0.15) is 0 Å². The van der Waals surface area contributed by atoms with Crippen molar-refractivity contribution in [1.29, 1.82) is 0 Å². The smallest absolute Gasteiger partial charge is 0.165 e. The molecule has 86 valence electrons. The minimum atomic E-state index is -0.350. The Bertz CT molecular complexity index is 384. The summed E-state index contributed by atoms with van der Waals surface area (Å²) >= 11 is 0. The summed E-state index contributed by atoms with van der Waals surface area (Å²) in [6.45, 7) is 2.31. The third kappa shape index (κ3) is 3.25. The van der Waals surface area contributed by atoms with Crippen LogP contribution in [0.1, 0.15) is 24.9 Å². The Hall–Kier alpha value is -1.53. The molecule has 0 fully saturated rings. The van der Waals surface area contributed by atoms with Crippen molar-refractivity contribution in [2.75, 3.05) is 13.7 Å². The van der Waals surface area contributed by atoms with E-state index < -0.39 is 0 Å². The first kappa shape index (κ1) is 12.5. The molecule has 0 aliphatic carbocycles. The molecule has 0 radical (unpaired) electrons. The summed E-state index contributed by atoms with van der Waals surface area (Å²) in [5.74, 6) is 2.34. The van der Waals surface area contributed by atoms with Crippen molar-refractivity contribution in [2.45, 2.75) is 19.4 Å². The molecular weight excluding hydrogens is 205 g/mol. The lowest BCUT2D eigenvalue weighted by atomic mass is 10.1. The summed E-state index contributed by atoms with van der Waals surface area (Å²) in [5.41, 5.74) is 0.893. The predicted octanol–water partition coefficient (Wildman–Crippen LogP) is 2.51. The second-order valence-electron chi connectivity index (χ2n) is 3.50. The number of ether oxygens (including phenoxy) is 1. The number of rotatable bonds is 5. The van der Waals surface area contributed by atoms with Crippen molar-refractivity contribution < 1.29 is 9.13 Å². The summed E-state index contributed by atoms with van der Waals surface area (Å²) in [4.78, 5) is 0. The van der Waals surface area contributed by atoms with E-state index in [4.69, 9.17) is 11.2 Å². The van der Waals surface area contributed by atoms with Crippen LogP contribution in [0.3, 0.4) is 0 Å². The Morgan fingerprint density at radius 1 is 1.56 bits per heavy atom. The number of halogens is 1. The van der Waals surface area contributed by atoms with Crippen LogP contribution in [0.15, 0.2) is 18.2 Å². The quantitative estimate of drug-likeness (QED) is 0.609. The van der Waals surface area contributed by atoms with Crippen LogP contribution in [-0.2, 0) is 0 Å². The topological polar surface area (TPSA) is 21.3 Å². The van der Waals surface area contributed by atoms with Gasteiger partial charge in [0.15, 0.2) is 11.6 Å². The van der Waals surface area contributed by atoms with Gasteiger partial charge in [-0.3, -0.25) is 0 Å². The summed E-state index contributed by atoms with van der Waals surface area (Å²) in [7, 11) is 1.83. The molecule has 1 aromatic rings. The molecule has 0 saturated carbocycles. The molecule has 0 amide bonds. The number of terminal acetylenes is 1. The molecule has 0 bridgehead atoms. The molecule has 0 aliphatic heterocycles. The maximum atomic E-state index is 13.6. The second-order valence-corrected chi connectivity index (χ2v) is 3.50. The maximum Gasteiger partial charge on any atom is 0.165 e. The molecule has 0 aliphatic rings. The highest BCUT2D eigenvalue weighted by molar-refractivity contribution is 5.30. The number of benzene rings is 1. The van der Waals surface area contributed by atoms with Crippen molar-refractivity contribution in [1.82, 2.24) is 5.32 Å². The van der Waals surface area contributed by atoms with E-state index in [0.717, 1.165) is 5.56 Å². The van der Waals surface area contributed by atoms with E-state index >= 15 is 0 Å². The fraction of sp³-hybridized carbons (Fsp3) is 0.385. The zero-order chi connectivity index (χ0) is 12.0. The zero-order valence-corrected chi connectivity index (χ0v) is 9.59. The van der Waals surface area contributed by atoms with Gasteiger partial charge in [0, 0.05) is 12.5 Å². The van der Waals surface area contributed by atoms with Gasteiger partial charge in [-0.05, 0) is 31.7 Å². The van der Waals surface area contributed by atoms with E-state index in [1.165, 1.54) is 6.07 Å². The van der Waals surface area contributed by atoms with E-state index in [1.54, 1.807) is 6.07 Å². The van der Waals surface area contributed by atoms with Crippen LogP contribution >= 0.6 is 0 Å². The summed E-state index contributed by atoms with van der Waals surface area (Å²) in [6.07, 6.45) is 5.56. The first-order valence-electron chi connectivity index (χ1n) is 5.22. The average molecular weight is 221 g/mol. The molecule has 1 N–H and O–H groups in total. The predicted molar refractivity (Wildman–Crippen MR) is 62.8 cm³/mol. The molecule has 0 spiro atoms. The Morgan fingerprint density at radius 2 is 2.31 bits per heavy atom. The molecule has 0 saturated heterocycles. The van der Waals surface area contributed by atoms with Crippen molar-refractivity contribution in [3.05, 3.63) is 29.6 Å². The molecule has 0 heterocycles. The molecule has 1 atom stereocenters. The molecule has 0 aromatic heterocycles. The van der Waals surface area contributed by atoms with Gasteiger partial charge in [0.2, 0.25) is 0 Å². The minimum absolute atomic E-state index is 0.120. The summed E-state index contributed by atoms with van der Waals surface area (Å²) < 4.78 is 18.8. The van der Waals surface area contributed by atoms with Gasteiger partial charge in [-0.2, -0.15) is 0 Å². The highest BCUT2D eigenvalue weighted by Crippen LogP contribution is 2.21. The van der Waals surface area contributed by atoms with Crippen LogP contribution in [0.4, 0.5) is 4.39 Å². The van der Waals surface area contributed by atoms with E-state index in [0.29, 0.717) is 13.0 Å². The molecule has 16 heavy (non-hydrogen) atoms. The minimum Gasteiger partial charge on any atom is -0.490 e. The van der Waals surface area contributed by atoms with Gasteiger partial charge >= 0.3 is 0 Å². The second kappa shape index (κ2) is 6.14. The largest absolute Gasteiger partial charge is 0.490 e. The third-order valence-electron chi connectivity index (χ3n) is 2.39. The van der Waals surface area contributed by atoms with Gasteiger partial charge < -0.3 is 10.1 Å². The van der Waals surface area contributed by atoms with Crippen LogP contribution < -0.4 is 10.1 Å². The van der Waals surface area contributed by atoms with Crippen molar-refractivity contribution in [3.8, 4) is 18.1 Å². The zero-order valence-electron chi connectivity index (χ0n) is 9.59. The van der Waals surface area contributed by atoms with Crippen LogP contribution in [0, 0.1) is 18.2 Å². The standard InChI is InChI=1S/C13H16FNO/c1-4-5-8-16-13-7-6-11(9-12(13)14)10(2)15-3/h1,6-7,9-10,15H,5,8H2,2-3H3. The highest BCUT2D eigenvalue weighted by Gasteiger charge is 2.08. The van der Waals surface area contributed by atoms with E-state index in [-0.39, 0.29) is 17.6 Å². The Balaban J connectivity index is 2.72. The molecule has 2 nitrogen and oxygen atoms in total. The monoisotopic (exact) mass is 221 g/mol. The normalized spacial score (nSPS) is 11.9. The van der Waals surface area contributed by atoms with Gasteiger partial charge in [0.05, 0.1) is 6.61 Å². The van der Waals surface area contributed by atoms with Gasteiger partial charge in [-0.25, -0.2) is 4.39 Å². The van der Waals surface area contributed by atoms with Crippen molar-refractivity contribution in [3.63, 3.8) is 0 Å². The fourth-order valence-corrected chi connectivity index (χ4v) is 1.29. The molecule has 1 unspecified atom stereocenters. The lowest BCUT2D eigenvalue weighted by molar-refractivity contribution is 0.309. The Morgan fingerprint density at radius 3 is 2.88 bits per heavy atom. The summed E-state index contributed by atoms with van der Waals surface area (Å²) in [6, 6.07) is 5.07. The molecule has 3 heteroatoms. The van der Waals surface area contributed by atoms with Crippen molar-refractivity contribution >= 4 is 0 Å².